The molecule has 0 aliphatic carbocycles. The van der Waals surface area contributed by atoms with Gasteiger partial charge in [0.25, 0.3) is 0 Å². The maximum atomic E-state index is 5.51. The summed E-state index contributed by atoms with van der Waals surface area (Å²) in [4.78, 5) is 0. The van der Waals surface area contributed by atoms with Crippen molar-refractivity contribution in [1.29, 1.82) is 0 Å². The fourth-order valence-electron chi connectivity index (χ4n) is 0.351. The summed E-state index contributed by atoms with van der Waals surface area (Å²) in [5.74, 6) is 0. The molecule has 1 rings (SSSR count). The van der Waals surface area contributed by atoms with Gasteiger partial charge in [0.05, 0.1) is 11.9 Å². The van der Waals surface area contributed by atoms with Crippen LogP contribution in [0, 0.1) is 6.54 Å². The van der Waals surface area contributed by atoms with E-state index in [2.05, 4.69) is 5.32 Å². The van der Waals surface area contributed by atoms with Crippen LogP contribution >= 0.6 is 11.6 Å². The van der Waals surface area contributed by atoms with E-state index in [0.717, 1.165) is 0 Å². The third kappa shape index (κ3) is 0.658. The lowest BCUT2D eigenvalue weighted by Gasteiger charge is -1.87. The predicted octanol–water partition coefficient (Wildman–Crippen LogP) is 0.872. The second-order valence-corrected chi connectivity index (χ2v) is 1.64. The van der Waals surface area contributed by atoms with Gasteiger partial charge in [0.1, 0.15) is 0 Å². The van der Waals surface area contributed by atoms with Crippen LogP contribution < -0.4 is 5.32 Å². The zero-order valence-corrected chi connectivity index (χ0v) is 3.94. The normalized spacial score (nSPS) is 30.5. The standard InChI is InChI=1S/C4H5ClN/c5-4-1-2-6-3-4/h1-4,6H. The van der Waals surface area contributed by atoms with Crippen LogP contribution in [0.3, 0.4) is 0 Å². The van der Waals surface area contributed by atoms with Crippen molar-refractivity contribution >= 4 is 11.6 Å². The average Bonchev–Trinajstić information content (AvgIpc) is 1.86. The Hall–Kier alpha value is -0.170. The van der Waals surface area contributed by atoms with Crippen molar-refractivity contribution in [3.63, 3.8) is 0 Å². The second kappa shape index (κ2) is 1.52. The lowest BCUT2D eigenvalue weighted by Crippen LogP contribution is -1.98. The van der Waals surface area contributed by atoms with Crippen molar-refractivity contribution < 1.29 is 0 Å². The Labute approximate surface area is 42.0 Å². The van der Waals surface area contributed by atoms with E-state index >= 15 is 0 Å². The SMILES string of the molecule is ClC1[CH]NC=C1. The summed E-state index contributed by atoms with van der Waals surface area (Å²) < 4.78 is 0. The highest BCUT2D eigenvalue weighted by Gasteiger charge is 2.01. The minimum absolute atomic E-state index is 0.102. The van der Waals surface area contributed by atoms with E-state index in [4.69, 9.17) is 11.6 Å². The van der Waals surface area contributed by atoms with Crippen molar-refractivity contribution in [3.8, 4) is 0 Å². The van der Waals surface area contributed by atoms with Crippen LogP contribution in [0.15, 0.2) is 12.3 Å². The molecule has 6 heavy (non-hydrogen) atoms. The molecule has 1 heterocycles. The maximum Gasteiger partial charge on any atom is 0.0754 e. The first-order valence-electron chi connectivity index (χ1n) is 1.80. The third-order valence-corrected chi connectivity index (χ3v) is 0.903. The molecular weight excluding hydrogens is 97.5 g/mol. The molecule has 0 saturated carbocycles. The van der Waals surface area contributed by atoms with Gasteiger partial charge in [-0.05, 0) is 12.3 Å². The van der Waals surface area contributed by atoms with Crippen LogP contribution in [0.25, 0.3) is 0 Å². The zero-order valence-electron chi connectivity index (χ0n) is 3.19. The Balaban J connectivity index is 2.38. The number of rotatable bonds is 0. The number of nitrogens with one attached hydrogen (secondary N) is 1. The minimum atomic E-state index is 0.102. The first kappa shape index (κ1) is 4.00. The smallest absolute Gasteiger partial charge is 0.0754 e. The molecule has 1 radical (unpaired) electrons. The Morgan fingerprint density at radius 3 is 2.67 bits per heavy atom. The topological polar surface area (TPSA) is 12.0 Å². The van der Waals surface area contributed by atoms with Gasteiger partial charge in [-0.3, -0.25) is 0 Å². The van der Waals surface area contributed by atoms with Gasteiger partial charge in [-0.15, -0.1) is 11.6 Å². The van der Waals surface area contributed by atoms with Crippen molar-refractivity contribution in [1.82, 2.24) is 5.32 Å². The molecular formula is C4H5ClN. The van der Waals surface area contributed by atoms with Crippen LogP contribution in [0.1, 0.15) is 0 Å². The summed E-state index contributed by atoms with van der Waals surface area (Å²) in [5.41, 5.74) is 0. The maximum absolute atomic E-state index is 5.51. The van der Waals surface area contributed by atoms with Crippen molar-refractivity contribution in [2.75, 3.05) is 0 Å². The van der Waals surface area contributed by atoms with E-state index < -0.39 is 0 Å². The molecule has 0 saturated heterocycles. The molecule has 0 aromatic heterocycles. The molecule has 0 spiro atoms. The molecule has 0 aromatic carbocycles. The highest BCUT2D eigenvalue weighted by molar-refractivity contribution is 6.22. The number of hydrogen-bond acceptors (Lipinski definition) is 1. The summed E-state index contributed by atoms with van der Waals surface area (Å²) in [6.07, 6.45) is 3.69. The molecule has 1 unspecified atom stereocenters. The fourth-order valence-corrected chi connectivity index (χ4v) is 0.496. The summed E-state index contributed by atoms with van der Waals surface area (Å²) >= 11 is 5.51. The van der Waals surface area contributed by atoms with E-state index in [9.17, 15) is 0 Å². The molecule has 0 aromatic rings. The zero-order chi connectivity index (χ0) is 4.41. The summed E-state index contributed by atoms with van der Waals surface area (Å²) in [5, 5.41) is 2.94. The molecule has 1 aliphatic rings. The largest absolute Gasteiger partial charge is 0.384 e. The van der Waals surface area contributed by atoms with Crippen LogP contribution in [-0.2, 0) is 0 Å². The van der Waals surface area contributed by atoms with Crippen LogP contribution in [0.4, 0.5) is 0 Å². The van der Waals surface area contributed by atoms with Gasteiger partial charge in [0.15, 0.2) is 0 Å². The van der Waals surface area contributed by atoms with Crippen molar-refractivity contribution in [2.45, 2.75) is 5.38 Å². The molecule has 1 nitrogen and oxygen atoms in total. The molecule has 0 bridgehead atoms. The highest BCUT2D eigenvalue weighted by atomic mass is 35.5. The Morgan fingerprint density at radius 2 is 2.50 bits per heavy atom. The summed E-state index contributed by atoms with van der Waals surface area (Å²) in [7, 11) is 0. The lowest BCUT2D eigenvalue weighted by molar-refractivity contribution is 1.07. The van der Waals surface area contributed by atoms with Gasteiger partial charge in [-0.1, -0.05) is 0 Å². The van der Waals surface area contributed by atoms with Crippen molar-refractivity contribution in [2.24, 2.45) is 0 Å². The molecule has 1 N–H and O–H groups in total. The quantitative estimate of drug-likeness (QED) is 0.448. The number of alkyl halides is 1. The van der Waals surface area contributed by atoms with E-state index in [1.165, 1.54) is 0 Å². The van der Waals surface area contributed by atoms with E-state index in [1.807, 2.05) is 18.8 Å². The summed E-state index contributed by atoms with van der Waals surface area (Å²) in [6, 6.07) is 0. The Kier molecular flexibility index (Phi) is 1.01. The van der Waals surface area contributed by atoms with Crippen LogP contribution in [0.5, 0.6) is 0 Å². The lowest BCUT2D eigenvalue weighted by atomic mass is 10.5. The van der Waals surface area contributed by atoms with Gasteiger partial charge in [0, 0.05) is 0 Å². The van der Waals surface area contributed by atoms with Crippen molar-refractivity contribution in [3.05, 3.63) is 18.8 Å². The Bertz CT molecular complexity index is 69.9. The third-order valence-electron chi connectivity index (χ3n) is 0.632. The molecule has 1 aliphatic heterocycles. The molecule has 1 atom stereocenters. The molecule has 0 amide bonds. The van der Waals surface area contributed by atoms with Gasteiger partial charge in [-0.2, -0.15) is 0 Å². The second-order valence-electron chi connectivity index (χ2n) is 1.14. The van der Waals surface area contributed by atoms with Gasteiger partial charge >= 0.3 is 0 Å². The van der Waals surface area contributed by atoms with E-state index in [1.54, 1.807) is 0 Å². The number of hydrogen-bond donors (Lipinski definition) is 1. The van der Waals surface area contributed by atoms with Gasteiger partial charge in [0.2, 0.25) is 0 Å². The van der Waals surface area contributed by atoms with E-state index in [0.29, 0.717) is 0 Å². The van der Waals surface area contributed by atoms with Gasteiger partial charge < -0.3 is 5.32 Å². The van der Waals surface area contributed by atoms with E-state index in [-0.39, 0.29) is 5.38 Å². The first-order chi connectivity index (χ1) is 2.89. The first-order valence-corrected chi connectivity index (χ1v) is 2.23. The average molecular weight is 103 g/mol. The summed E-state index contributed by atoms with van der Waals surface area (Å²) in [6.45, 7) is 1.81. The number of halogens is 1. The fraction of sp³-hybridized carbons (Fsp3) is 0.250. The molecule has 2 heteroatoms. The van der Waals surface area contributed by atoms with Crippen LogP contribution in [-0.4, -0.2) is 5.38 Å². The van der Waals surface area contributed by atoms with Crippen LogP contribution in [0.2, 0.25) is 0 Å². The minimum Gasteiger partial charge on any atom is -0.384 e. The molecule has 0 fully saturated rings. The predicted molar refractivity (Wildman–Crippen MR) is 26.2 cm³/mol. The van der Waals surface area contributed by atoms with Gasteiger partial charge in [-0.25, -0.2) is 0 Å². The Morgan fingerprint density at radius 1 is 1.67 bits per heavy atom. The monoisotopic (exact) mass is 102 g/mol. The molecule has 33 valence electrons. The highest BCUT2D eigenvalue weighted by Crippen LogP contribution is 2.03.